The van der Waals surface area contributed by atoms with Crippen LogP contribution in [-0.4, -0.2) is 4.98 Å². The van der Waals surface area contributed by atoms with Gasteiger partial charge in [0.2, 0.25) is 0 Å². The van der Waals surface area contributed by atoms with Crippen LogP contribution in [0.15, 0.2) is 24.8 Å². The molecule has 0 radical (unpaired) electrons. The summed E-state index contributed by atoms with van der Waals surface area (Å²) in [7, 11) is 0. The Bertz CT molecular complexity index is 253. The zero-order valence-electron chi connectivity index (χ0n) is 6.62. The van der Waals surface area contributed by atoms with Gasteiger partial charge in [0.25, 0.3) is 0 Å². The first-order valence-electron chi connectivity index (χ1n) is 3.59. The maximum Gasteiger partial charge on any atom is 0.0627 e. The van der Waals surface area contributed by atoms with E-state index in [0.29, 0.717) is 0 Å². The number of nitrogens with zero attached hydrogens (tertiary/aromatic N) is 1. The van der Waals surface area contributed by atoms with Gasteiger partial charge in [-0.3, -0.25) is 4.98 Å². The van der Waals surface area contributed by atoms with E-state index < -0.39 is 0 Å². The highest BCUT2D eigenvalue weighted by Gasteiger charge is 1.99. The Morgan fingerprint density at radius 2 is 2.36 bits per heavy atom. The Balaban J connectivity index is 3.00. The van der Waals surface area contributed by atoms with Crippen molar-refractivity contribution in [3.8, 4) is 0 Å². The van der Waals surface area contributed by atoms with Crippen LogP contribution in [0.5, 0.6) is 0 Å². The number of hydrogen-bond donors (Lipinski definition) is 1. The molecule has 0 aromatic carbocycles. The van der Waals surface area contributed by atoms with Gasteiger partial charge in [-0.1, -0.05) is 12.6 Å². The molecule has 58 valence electrons. The van der Waals surface area contributed by atoms with Crippen LogP contribution in [-0.2, 0) is 0 Å². The molecule has 0 saturated heterocycles. The molecule has 0 amide bonds. The molecule has 1 heterocycles. The van der Waals surface area contributed by atoms with Gasteiger partial charge in [-0.2, -0.15) is 0 Å². The second-order valence-electron chi connectivity index (χ2n) is 2.48. The van der Waals surface area contributed by atoms with Crippen LogP contribution < -0.4 is 5.73 Å². The quantitative estimate of drug-likeness (QED) is 0.693. The van der Waals surface area contributed by atoms with Crippen molar-refractivity contribution in [1.29, 1.82) is 0 Å². The smallest absolute Gasteiger partial charge is 0.0627 e. The van der Waals surface area contributed by atoms with Crippen LogP contribution in [0.1, 0.15) is 24.4 Å². The van der Waals surface area contributed by atoms with E-state index in [1.807, 2.05) is 25.1 Å². The number of rotatable bonds is 2. The van der Waals surface area contributed by atoms with Gasteiger partial charge in [-0.05, 0) is 25.1 Å². The first-order valence-corrected chi connectivity index (χ1v) is 3.59. The fourth-order valence-electron chi connectivity index (χ4n) is 0.836. The fraction of sp³-hybridized carbons (Fsp3) is 0.222. The number of pyridine rings is 1. The second kappa shape index (κ2) is 3.30. The topological polar surface area (TPSA) is 38.9 Å². The highest BCUT2D eigenvalue weighted by Crippen LogP contribution is 2.06. The lowest BCUT2D eigenvalue weighted by molar-refractivity contribution is 0.779. The summed E-state index contributed by atoms with van der Waals surface area (Å²) in [5.41, 5.74) is 7.42. The minimum Gasteiger partial charge on any atom is -0.323 e. The molecule has 0 aliphatic rings. The predicted molar refractivity (Wildman–Crippen MR) is 46.9 cm³/mol. The standard InChI is InChI=1S/C9H12N2/c1-3-8-5-4-6-9(11-8)7(2)10/h3-7H,1,10H2,2H3/t7-/m1/s1. The lowest BCUT2D eigenvalue weighted by atomic mass is 10.2. The van der Waals surface area contributed by atoms with Gasteiger partial charge < -0.3 is 5.73 Å². The molecular weight excluding hydrogens is 136 g/mol. The zero-order valence-corrected chi connectivity index (χ0v) is 6.62. The summed E-state index contributed by atoms with van der Waals surface area (Å²) in [6.07, 6.45) is 1.71. The monoisotopic (exact) mass is 148 g/mol. The van der Waals surface area contributed by atoms with E-state index >= 15 is 0 Å². The van der Waals surface area contributed by atoms with Crippen LogP contribution in [0.4, 0.5) is 0 Å². The Morgan fingerprint density at radius 1 is 1.64 bits per heavy atom. The van der Waals surface area contributed by atoms with E-state index in [0.717, 1.165) is 11.4 Å². The average Bonchev–Trinajstić information content (AvgIpc) is 2.05. The third kappa shape index (κ3) is 1.88. The van der Waals surface area contributed by atoms with Crippen LogP contribution in [0.25, 0.3) is 6.08 Å². The summed E-state index contributed by atoms with van der Waals surface area (Å²) in [5, 5.41) is 0. The normalized spacial score (nSPS) is 12.5. The largest absolute Gasteiger partial charge is 0.323 e. The summed E-state index contributed by atoms with van der Waals surface area (Å²) < 4.78 is 0. The minimum absolute atomic E-state index is 0.00472. The number of nitrogens with two attached hydrogens (primary N) is 1. The first-order chi connectivity index (χ1) is 5.24. The SMILES string of the molecule is C=Cc1cccc([C@@H](C)N)n1. The highest BCUT2D eigenvalue weighted by atomic mass is 14.8. The molecule has 0 spiro atoms. The molecule has 2 heteroatoms. The van der Waals surface area contributed by atoms with E-state index in [2.05, 4.69) is 11.6 Å². The maximum absolute atomic E-state index is 5.64. The minimum atomic E-state index is -0.00472. The van der Waals surface area contributed by atoms with Crippen LogP contribution >= 0.6 is 0 Å². The van der Waals surface area contributed by atoms with Crippen molar-refractivity contribution in [2.45, 2.75) is 13.0 Å². The zero-order chi connectivity index (χ0) is 8.27. The molecule has 1 rings (SSSR count). The van der Waals surface area contributed by atoms with Gasteiger partial charge >= 0.3 is 0 Å². The summed E-state index contributed by atoms with van der Waals surface area (Å²) in [6.45, 7) is 5.54. The van der Waals surface area contributed by atoms with Gasteiger partial charge in [-0.15, -0.1) is 0 Å². The molecule has 2 N–H and O–H groups in total. The van der Waals surface area contributed by atoms with Crippen molar-refractivity contribution in [2.24, 2.45) is 5.73 Å². The molecule has 2 nitrogen and oxygen atoms in total. The van der Waals surface area contributed by atoms with Gasteiger partial charge in [0, 0.05) is 6.04 Å². The van der Waals surface area contributed by atoms with Gasteiger partial charge in [-0.25, -0.2) is 0 Å². The molecule has 1 aromatic heterocycles. The molecule has 1 aromatic rings. The van der Waals surface area contributed by atoms with E-state index in [-0.39, 0.29) is 6.04 Å². The third-order valence-corrected chi connectivity index (χ3v) is 1.47. The Hall–Kier alpha value is -1.15. The average molecular weight is 148 g/mol. The molecule has 0 saturated carbocycles. The van der Waals surface area contributed by atoms with Crippen molar-refractivity contribution in [3.05, 3.63) is 36.2 Å². The van der Waals surface area contributed by atoms with Crippen molar-refractivity contribution in [3.63, 3.8) is 0 Å². The second-order valence-corrected chi connectivity index (χ2v) is 2.48. The molecule has 0 bridgehead atoms. The summed E-state index contributed by atoms with van der Waals surface area (Å²) in [6, 6.07) is 5.74. The third-order valence-electron chi connectivity index (χ3n) is 1.47. The molecule has 0 unspecified atom stereocenters. The highest BCUT2D eigenvalue weighted by molar-refractivity contribution is 5.41. The maximum atomic E-state index is 5.64. The molecule has 0 fully saturated rings. The van der Waals surface area contributed by atoms with Crippen molar-refractivity contribution in [2.75, 3.05) is 0 Å². The Labute approximate surface area is 66.8 Å². The molecule has 11 heavy (non-hydrogen) atoms. The lowest BCUT2D eigenvalue weighted by Gasteiger charge is -2.03. The van der Waals surface area contributed by atoms with Crippen molar-refractivity contribution in [1.82, 2.24) is 4.98 Å². The Morgan fingerprint density at radius 3 is 2.91 bits per heavy atom. The molecule has 0 aliphatic heterocycles. The summed E-state index contributed by atoms with van der Waals surface area (Å²) in [4.78, 5) is 4.25. The fourth-order valence-corrected chi connectivity index (χ4v) is 0.836. The van der Waals surface area contributed by atoms with Gasteiger partial charge in [0.1, 0.15) is 0 Å². The van der Waals surface area contributed by atoms with Crippen molar-refractivity contribution >= 4 is 6.08 Å². The van der Waals surface area contributed by atoms with E-state index in [9.17, 15) is 0 Å². The Kier molecular flexibility index (Phi) is 2.39. The van der Waals surface area contributed by atoms with Crippen molar-refractivity contribution < 1.29 is 0 Å². The molecular formula is C9H12N2. The molecule has 0 aliphatic carbocycles. The number of aromatic nitrogens is 1. The molecule has 1 atom stereocenters. The first kappa shape index (κ1) is 7.95. The van der Waals surface area contributed by atoms with E-state index in [1.165, 1.54) is 0 Å². The number of hydrogen-bond acceptors (Lipinski definition) is 2. The van der Waals surface area contributed by atoms with Gasteiger partial charge in [0.05, 0.1) is 11.4 Å². The van der Waals surface area contributed by atoms with E-state index in [4.69, 9.17) is 5.73 Å². The van der Waals surface area contributed by atoms with Crippen LogP contribution in [0.2, 0.25) is 0 Å². The predicted octanol–water partition coefficient (Wildman–Crippen LogP) is 1.74. The van der Waals surface area contributed by atoms with Crippen LogP contribution in [0, 0.1) is 0 Å². The van der Waals surface area contributed by atoms with Gasteiger partial charge in [0.15, 0.2) is 0 Å². The van der Waals surface area contributed by atoms with Crippen LogP contribution in [0.3, 0.4) is 0 Å². The lowest BCUT2D eigenvalue weighted by Crippen LogP contribution is -2.07. The summed E-state index contributed by atoms with van der Waals surface area (Å²) >= 11 is 0. The van der Waals surface area contributed by atoms with E-state index in [1.54, 1.807) is 6.08 Å². The summed E-state index contributed by atoms with van der Waals surface area (Å²) in [5.74, 6) is 0.